The molecule has 1 amide bonds. The lowest BCUT2D eigenvalue weighted by molar-refractivity contribution is -0.134. The second-order valence-corrected chi connectivity index (χ2v) is 7.25. The number of anilines is 1. The van der Waals surface area contributed by atoms with Gasteiger partial charge in [-0.1, -0.05) is 23.8 Å². The van der Waals surface area contributed by atoms with Crippen LogP contribution in [0.15, 0.2) is 48.8 Å². The normalized spacial score (nSPS) is 17.6. The summed E-state index contributed by atoms with van der Waals surface area (Å²) in [6.45, 7) is 7.94. The second kappa shape index (κ2) is 8.32. The molecule has 2 aromatic rings. The topological polar surface area (TPSA) is 39.7 Å². The summed E-state index contributed by atoms with van der Waals surface area (Å²) in [5.41, 5.74) is 3.63. The summed E-state index contributed by atoms with van der Waals surface area (Å²) in [4.78, 5) is 23.3. The fourth-order valence-corrected chi connectivity index (χ4v) is 3.50. The highest BCUT2D eigenvalue weighted by Crippen LogP contribution is 2.20. The molecule has 0 spiro atoms. The largest absolute Gasteiger partial charge is 0.368 e. The van der Waals surface area contributed by atoms with Crippen molar-refractivity contribution in [2.75, 3.05) is 38.1 Å². The minimum absolute atomic E-state index is 0.201. The molecule has 5 nitrogen and oxygen atoms in total. The first-order chi connectivity index (χ1) is 12.5. The van der Waals surface area contributed by atoms with Crippen molar-refractivity contribution < 1.29 is 4.79 Å². The fraction of sp³-hybridized carbons (Fsp3) is 0.429. The average Bonchev–Trinajstić information content (AvgIpc) is 2.63. The molecule has 1 saturated heterocycles. The predicted molar refractivity (Wildman–Crippen MR) is 105 cm³/mol. The third-order valence-electron chi connectivity index (χ3n) is 4.93. The number of amides is 1. The van der Waals surface area contributed by atoms with Crippen molar-refractivity contribution >= 4 is 11.6 Å². The molecule has 3 rings (SSSR count). The molecule has 1 aliphatic heterocycles. The number of piperazine rings is 1. The van der Waals surface area contributed by atoms with Gasteiger partial charge in [0.15, 0.2) is 0 Å². The Hall–Kier alpha value is -2.40. The summed E-state index contributed by atoms with van der Waals surface area (Å²) in [5.74, 6) is 0.201. The first-order valence-electron chi connectivity index (χ1n) is 9.21. The van der Waals surface area contributed by atoms with E-state index in [1.54, 1.807) is 6.20 Å². The number of aryl methyl sites for hydroxylation is 1. The zero-order valence-corrected chi connectivity index (χ0v) is 15.9. The number of hydrogen-bond donors (Lipinski definition) is 0. The van der Waals surface area contributed by atoms with Crippen molar-refractivity contribution in [1.82, 2.24) is 14.8 Å². The number of benzene rings is 1. The molecule has 0 saturated carbocycles. The van der Waals surface area contributed by atoms with Crippen molar-refractivity contribution in [2.45, 2.75) is 26.4 Å². The highest BCUT2D eigenvalue weighted by Gasteiger charge is 2.27. The third kappa shape index (κ3) is 4.61. The van der Waals surface area contributed by atoms with Gasteiger partial charge in [-0.05, 0) is 44.7 Å². The predicted octanol–water partition coefficient (Wildman–Crippen LogP) is 2.56. The average molecular weight is 352 g/mol. The summed E-state index contributed by atoms with van der Waals surface area (Å²) in [6, 6.07) is 12.8. The quantitative estimate of drug-likeness (QED) is 0.829. The second-order valence-electron chi connectivity index (χ2n) is 7.25. The standard InChI is InChI=1S/C21H28N4O/c1-17-6-8-20(9-7-17)24-11-12-25(18(2)14-24)21(26)16-23(3)15-19-5-4-10-22-13-19/h4-10,13,18H,11-12,14-16H2,1-3H3/t18-/m0/s1. The number of carbonyl (C=O) groups is 1. The fourth-order valence-electron chi connectivity index (χ4n) is 3.50. The molecule has 1 fully saturated rings. The third-order valence-corrected chi connectivity index (χ3v) is 4.93. The van der Waals surface area contributed by atoms with E-state index in [0.717, 1.165) is 31.7 Å². The highest BCUT2D eigenvalue weighted by atomic mass is 16.2. The molecule has 0 aliphatic carbocycles. The molecular weight excluding hydrogens is 324 g/mol. The van der Waals surface area contributed by atoms with Crippen molar-refractivity contribution in [1.29, 1.82) is 0 Å². The van der Waals surface area contributed by atoms with Crippen LogP contribution in [-0.4, -0.2) is 60.0 Å². The Bertz CT molecular complexity index is 717. The van der Waals surface area contributed by atoms with Crippen LogP contribution in [0.4, 0.5) is 5.69 Å². The Kier molecular flexibility index (Phi) is 5.89. The Labute approximate surface area is 156 Å². The van der Waals surface area contributed by atoms with E-state index >= 15 is 0 Å². The molecule has 0 N–H and O–H groups in total. The van der Waals surface area contributed by atoms with E-state index in [1.807, 2.05) is 30.3 Å². The molecule has 138 valence electrons. The Morgan fingerprint density at radius 1 is 1.23 bits per heavy atom. The molecule has 0 radical (unpaired) electrons. The molecule has 1 aromatic heterocycles. The minimum atomic E-state index is 0.201. The summed E-state index contributed by atoms with van der Waals surface area (Å²) in [7, 11) is 1.98. The van der Waals surface area contributed by atoms with Gasteiger partial charge in [0.2, 0.25) is 5.91 Å². The van der Waals surface area contributed by atoms with Crippen LogP contribution < -0.4 is 4.90 Å². The molecule has 1 aromatic carbocycles. The Morgan fingerprint density at radius 3 is 2.65 bits per heavy atom. The van der Waals surface area contributed by atoms with E-state index in [0.29, 0.717) is 6.54 Å². The molecule has 5 heteroatoms. The minimum Gasteiger partial charge on any atom is -0.368 e. The lowest BCUT2D eigenvalue weighted by Gasteiger charge is -2.41. The number of aromatic nitrogens is 1. The van der Waals surface area contributed by atoms with E-state index < -0.39 is 0 Å². The summed E-state index contributed by atoms with van der Waals surface area (Å²) in [6.07, 6.45) is 3.62. The van der Waals surface area contributed by atoms with E-state index in [9.17, 15) is 4.79 Å². The summed E-state index contributed by atoms with van der Waals surface area (Å²) in [5, 5.41) is 0. The Balaban J connectivity index is 1.53. The van der Waals surface area contributed by atoms with Crippen LogP contribution in [0.25, 0.3) is 0 Å². The number of likely N-dealkylation sites (N-methyl/N-ethyl adjacent to an activating group) is 1. The zero-order chi connectivity index (χ0) is 18.5. The van der Waals surface area contributed by atoms with Gasteiger partial charge in [-0.25, -0.2) is 0 Å². The van der Waals surface area contributed by atoms with Crippen LogP contribution in [0.2, 0.25) is 0 Å². The molecule has 2 heterocycles. The van der Waals surface area contributed by atoms with Gasteiger partial charge < -0.3 is 9.80 Å². The highest BCUT2D eigenvalue weighted by molar-refractivity contribution is 5.79. The van der Waals surface area contributed by atoms with Crippen LogP contribution in [0, 0.1) is 6.92 Å². The Morgan fingerprint density at radius 2 is 2.00 bits per heavy atom. The van der Waals surface area contributed by atoms with Crippen LogP contribution in [0.5, 0.6) is 0 Å². The van der Waals surface area contributed by atoms with Crippen molar-refractivity contribution in [3.05, 3.63) is 59.9 Å². The number of pyridine rings is 1. The maximum Gasteiger partial charge on any atom is 0.237 e. The first kappa shape index (κ1) is 18.4. The van der Waals surface area contributed by atoms with Crippen molar-refractivity contribution in [3.8, 4) is 0 Å². The molecule has 1 atom stereocenters. The molecule has 26 heavy (non-hydrogen) atoms. The van der Waals surface area contributed by atoms with Gasteiger partial charge in [0, 0.05) is 50.3 Å². The monoisotopic (exact) mass is 352 g/mol. The smallest absolute Gasteiger partial charge is 0.237 e. The van der Waals surface area contributed by atoms with Crippen molar-refractivity contribution in [3.63, 3.8) is 0 Å². The van der Waals surface area contributed by atoms with Gasteiger partial charge in [0.25, 0.3) is 0 Å². The molecule has 0 unspecified atom stereocenters. The lowest BCUT2D eigenvalue weighted by Crippen LogP contribution is -2.55. The number of nitrogens with zero attached hydrogens (tertiary/aromatic N) is 4. The van der Waals surface area contributed by atoms with Gasteiger partial charge in [-0.3, -0.25) is 14.7 Å². The number of hydrogen-bond acceptors (Lipinski definition) is 4. The first-order valence-corrected chi connectivity index (χ1v) is 9.21. The van der Waals surface area contributed by atoms with Crippen LogP contribution in [0.1, 0.15) is 18.1 Å². The van der Waals surface area contributed by atoms with Crippen LogP contribution >= 0.6 is 0 Å². The van der Waals surface area contributed by atoms with E-state index in [2.05, 4.69) is 52.9 Å². The summed E-state index contributed by atoms with van der Waals surface area (Å²) >= 11 is 0. The molecule has 1 aliphatic rings. The maximum absolute atomic E-state index is 12.7. The van der Waals surface area contributed by atoms with Gasteiger partial charge >= 0.3 is 0 Å². The van der Waals surface area contributed by atoms with E-state index in [1.165, 1.54) is 11.3 Å². The lowest BCUT2D eigenvalue weighted by atomic mass is 10.1. The van der Waals surface area contributed by atoms with Crippen LogP contribution in [0.3, 0.4) is 0 Å². The molecule has 0 bridgehead atoms. The maximum atomic E-state index is 12.7. The molecular formula is C21H28N4O. The van der Waals surface area contributed by atoms with E-state index in [4.69, 9.17) is 0 Å². The van der Waals surface area contributed by atoms with Crippen LogP contribution in [-0.2, 0) is 11.3 Å². The van der Waals surface area contributed by atoms with Gasteiger partial charge in [0.05, 0.1) is 6.54 Å². The van der Waals surface area contributed by atoms with Gasteiger partial charge in [-0.2, -0.15) is 0 Å². The SMILES string of the molecule is Cc1ccc(N2CCN(C(=O)CN(C)Cc3cccnc3)[C@@H](C)C2)cc1. The summed E-state index contributed by atoms with van der Waals surface area (Å²) < 4.78 is 0. The number of rotatable bonds is 5. The van der Waals surface area contributed by atoms with Gasteiger partial charge in [-0.15, -0.1) is 0 Å². The van der Waals surface area contributed by atoms with Gasteiger partial charge in [0.1, 0.15) is 0 Å². The van der Waals surface area contributed by atoms with Crippen molar-refractivity contribution in [2.24, 2.45) is 0 Å². The number of carbonyl (C=O) groups excluding carboxylic acids is 1. The zero-order valence-electron chi connectivity index (χ0n) is 15.9. The van der Waals surface area contributed by atoms with E-state index in [-0.39, 0.29) is 11.9 Å².